The molecule has 2 atom stereocenters. The summed E-state index contributed by atoms with van der Waals surface area (Å²) in [6.45, 7) is 5.36. The number of imidazole rings is 1. The molecule has 0 spiro atoms. The van der Waals surface area contributed by atoms with Crippen molar-refractivity contribution in [2.45, 2.75) is 25.6 Å². The number of hydrogen-bond acceptors (Lipinski definition) is 5. The molecule has 158 valence electrons. The van der Waals surface area contributed by atoms with Crippen LogP contribution in [-0.2, 0) is 4.74 Å². The topological polar surface area (TPSA) is 88.8 Å². The number of nitrogens with one attached hydrogen (secondary N) is 1. The lowest BCUT2D eigenvalue weighted by atomic mass is 10.0. The second-order valence-corrected chi connectivity index (χ2v) is 6.67. The number of carbonyl (C=O) groups excluding carboxylic acids is 2. The minimum absolute atomic E-state index is 0.0343. The van der Waals surface area contributed by atoms with Gasteiger partial charge >= 0.3 is 6.09 Å². The molecule has 2 heterocycles. The number of carbonyl (C=O) groups is 2. The molecule has 30 heavy (non-hydrogen) atoms. The van der Waals surface area contributed by atoms with Gasteiger partial charge in [-0.05, 0) is 30.7 Å². The van der Waals surface area contributed by atoms with Gasteiger partial charge in [0.05, 0.1) is 25.9 Å². The number of benzene rings is 1. The second kappa shape index (κ2) is 8.85. The number of hydrogen-bond donors (Lipinski definition) is 1. The lowest BCUT2D eigenvalue weighted by Gasteiger charge is -2.26. The molecule has 2 amide bonds. The summed E-state index contributed by atoms with van der Waals surface area (Å²) in [4.78, 5) is 29.5. The predicted octanol–water partition coefficient (Wildman–Crippen LogP) is 3.13. The van der Waals surface area contributed by atoms with Gasteiger partial charge in [-0.25, -0.2) is 23.2 Å². The summed E-state index contributed by atoms with van der Waals surface area (Å²) < 4.78 is 33.5. The first kappa shape index (κ1) is 21.2. The molecule has 10 heteroatoms. The Morgan fingerprint density at radius 2 is 2.20 bits per heavy atom. The van der Waals surface area contributed by atoms with Gasteiger partial charge in [-0.3, -0.25) is 10.1 Å². The molecule has 0 radical (unpaired) electrons. The van der Waals surface area contributed by atoms with E-state index in [0.717, 1.165) is 7.11 Å². The summed E-state index contributed by atoms with van der Waals surface area (Å²) in [5, 5.41) is 6.45. The summed E-state index contributed by atoms with van der Waals surface area (Å²) in [5.41, 5.74) is 0.593. The molecule has 1 aliphatic rings. The minimum atomic E-state index is -1.12. The smallest absolute Gasteiger partial charge is 0.413 e. The van der Waals surface area contributed by atoms with Crippen LogP contribution in [0.25, 0.3) is 6.08 Å². The fraction of sp³-hybridized carbons (Fsp3) is 0.300. The number of amidine groups is 1. The molecule has 3 rings (SSSR count). The first-order valence-corrected chi connectivity index (χ1v) is 9.15. The fourth-order valence-corrected chi connectivity index (χ4v) is 3.34. The van der Waals surface area contributed by atoms with Crippen LogP contribution in [0.1, 0.15) is 41.3 Å². The molecule has 1 saturated heterocycles. The lowest BCUT2D eigenvalue weighted by Crippen LogP contribution is -2.33. The van der Waals surface area contributed by atoms with Crippen LogP contribution < -0.4 is 5.32 Å². The minimum Gasteiger partial charge on any atom is -0.453 e. The van der Waals surface area contributed by atoms with Gasteiger partial charge in [0.25, 0.3) is 5.91 Å². The van der Waals surface area contributed by atoms with E-state index in [1.807, 2.05) is 5.32 Å². The Morgan fingerprint density at radius 1 is 1.43 bits per heavy atom. The van der Waals surface area contributed by atoms with Crippen molar-refractivity contribution in [3.05, 3.63) is 59.9 Å². The third-order valence-corrected chi connectivity index (χ3v) is 4.72. The summed E-state index contributed by atoms with van der Waals surface area (Å²) in [6.07, 6.45) is 0.756. The number of rotatable bonds is 4. The third kappa shape index (κ3) is 4.37. The van der Waals surface area contributed by atoms with Gasteiger partial charge in [0.15, 0.2) is 11.5 Å². The molecule has 1 N–H and O–H groups in total. The average molecular weight is 417 g/mol. The standard InChI is InChI=1S/C20H21F2N5O3/c1-4-18-23-10-17(19(28)24-20(29)30-3)27(18)25-12(2)26-11-15(22)9-16(26)13-6-5-7-14(21)8-13/h4-8,10,15-16H,1,9,11H2,2-3H3,(H,24,28,29). The van der Waals surface area contributed by atoms with Crippen LogP contribution >= 0.6 is 0 Å². The summed E-state index contributed by atoms with van der Waals surface area (Å²) >= 11 is 0. The Labute approximate surface area is 171 Å². The van der Waals surface area contributed by atoms with Crippen molar-refractivity contribution < 1.29 is 23.1 Å². The van der Waals surface area contributed by atoms with Gasteiger partial charge in [0, 0.05) is 6.42 Å². The van der Waals surface area contributed by atoms with Crippen molar-refractivity contribution in [3.63, 3.8) is 0 Å². The largest absolute Gasteiger partial charge is 0.453 e. The summed E-state index contributed by atoms with van der Waals surface area (Å²) in [7, 11) is 1.13. The van der Waals surface area contributed by atoms with Gasteiger partial charge in [-0.1, -0.05) is 18.7 Å². The third-order valence-electron chi connectivity index (χ3n) is 4.72. The van der Waals surface area contributed by atoms with E-state index in [1.54, 1.807) is 24.0 Å². The second-order valence-electron chi connectivity index (χ2n) is 6.67. The molecule has 2 aromatic rings. The maximum atomic E-state index is 14.2. The monoisotopic (exact) mass is 417 g/mol. The highest BCUT2D eigenvalue weighted by Gasteiger charge is 2.34. The SMILES string of the molecule is C=Cc1ncc(C(=O)NC(=O)OC)n1N=C(C)N1CC(F)CC1c1cccc(F)c1. The maximum absolute atomic E-state index is 14.2. The van der Waals surface area contributed by atoms with Crippen molar-refractivity contribution in [3.8, 4) is 0 Å². The summed E-state index contributed by atoms with van der Waals surface area (Å²) in [6, 6.07) is 5.58. The molecule has 1 aromatic heterocycles. The van der Waals surface area contributed by atoms with Crippen molar-refractivity contribution in [2.24, 2.45) is 5.10 Å². The number of alkyl halides is 1. The summed E-state index contributed by atoms with van der Waals surface area (Å²) in [5.74, 6) is -0.541. The molecular weight excluding hydrogens is 396 g/mol. The Hall–Kier alpha value is -3.56. The van der Waals surface area contributed by atoms with Gasteiger partial charge in [0.1, 0.15) is 17.8 Å². The first-order chi connectivity index (χ1) is 14.3. The molecule has 1 aliphatic heterocycles. The maximum Gasteiger partial charge on any atom is 0.413 e. The lowest BCUT2D eigenvalue weighted by molar-refractivity contribution is 0.0928. The van der Waals surface area contributed by atoms with Crippen LogP contribution in [0.2, 0.25) is 0 Å². The molecule has 0 aliphatic carbocycles. The Bertz CT molecular complexity index is 1000. The van der Waals surface area contributed by atoms with E-state index < -0.39 is 30.0 Å². The predicted molar refractivity (Wildman–Crippen MR) is 106 cm³/mol. The zero-order chi connectivity index (χ0) is 21.8. The number of aromatic nitrogens is 2. The van der Waals surface area contributed by atoms with Crippen LogP contribution in [0, 0.1) is 5.82 Å². The van der Waals surface area contributed by atoms with E-state index in [-0.39, 0.29) is 24.5 Å². The van der Waals surface area contributed by atoms with E-state index in [9.17, 15) is 18.4 Å². The number of likely N-dealkylation sites (tertiary alicyclic amines) is 1. The Balaban J connectivity index is 1.95. The first-order valence-electron chi connectivity index (χ1n) is 9.15. The number of halogens is 2. The Morgan fingerprint density at radius 3 is 2.87 bits per heavy atom. The van der Waals surface area contributed by atoms with Gasteiger partial charge in [-0.15, -0.1) is 0 Å². The highest BCUT2D eigenvalue weighted by atomic mass is 19.1. The average Bonchev–Trinajstić information content (AvgIpc) is 3.31. The van der Waals surface area contributed by atoms with Crippen molar-refractivity contribution in [1.82, 2.24) is 19.9 Å². The van der Waals surface area contributed by atoms with Crippen LogP contribution in [0.5, 0.6) is 0 Å². The van der Waals surface area contributed by atoms with E-state index >= 15 is 0 Å². The number of ether oxygens (including phenoxy) is 1. The normalized spacial score (nSPS) is 18.9. The Kier molecular flexibility index (Phi) is 6.24. The van der Waals surface area contributed by atoms with Crippen molar-refractivity contribution >= 4 is 23.9 Å². The van der Waals surface area contributed by atoms with E-state index in [1.165, 1.54) is 29.1 Å². The molecule has 1 aromatic carbocycles. The number of methoxy groups -OCH3 is 1. The number of amides is 2. The number of nitrogens with zero attached hydrogens (tertiary/aromatic N) is 4. The van der Waals surface area contributed by atoms with Crippen LogP contribution in [0.4, 0.5) is 13.6 Å². The van der Waals surface area contributed by atoms with Gasteiger partial charge < -0.3 is 9.64 Å². The molecule has 2 unspecified atom stereocenters. The van der Waals surface area contributed by atoms with Crippen LogP contribution in [-0.4, -0.2) is 52.2 Å². The van der Waals surface area contributed by atoms with Crippen molar-refractivity contribution in [1.29, 1.82) is 0 Å². The van der Waals surface area contributed by atoms with E-state index in [2.05, 4.69) is 21.4 Å². The van der Waals surface area contributed by atoms with E-state index in [0.29, 0.717) is 11.4 Å². The number of imide groups is 1. The molecule has 0 bridgehead atoms. The van der Waals surface area contributed by atoms with E-state index in [4.69, 9.17) is 0 Å². The molecule has 8 nitrogen and oxygen atoms in total. The molecule has 0 saturated carbocycles. The fourth-order valence-electron chi connectivity index (χ4n) is 3.34. The van der Waals surface area contributed by atoms with Crippen LogP contribution in [0.3, 0.4) is 0 Å². The van der Waals surface area contributed by atoms with Crippen LogP contribution in [0.15, 0.2) is 42.1 Å². The quantitative estimate of drug-likeness (QED) is 0.610. The van der Waals surface area contributed by atoms with Crippen molar-refractivity contribution in [2.75, 3.05) is 13.7 Å². The van der Waals surface area contributed by atoms with Gasteiger partial charge in [0.2, 0.25) is 0 Å². The zero-order valence-electron chi connectivity index (χ0n) is 16.5. The van der Waals surface area contributed by atoms with Gasteiger partial charge in [-0.2, -0.15) is 5.10 Å². The highest BCUT2D eigenvalue weighted by Crippen LogP contribution is 2.34. The highest BCUT2D eigenvalue weighted by molar-refractivity contribution is 6.02. The molecule has 1 fully saturated rings. The number of alkyl carbamates (subject to hydrolysis) is 1. The zero-order valence-corrected chi connectivity index (χ0v) is 16.5. The molecular formula is C20H21F2N5O3.